The first kappa shape index (κ1) is 25.2. The topological polar surface area (TPSA) is 112 Å². The molecule has 1 unspecified atom stereocenters. The summed E-state index contributed by atoms with van der Waals surface area (Å²) in [6, 6.07) is 12.2. The SMILES string of the molecule is C/C=C(C#N)\C=C(\NC(=O)[C@@H]1C[C@]12CCOc1ccc(-c3cccnc3)cc12)C(C)CCCC(=O)O. The minimum Gasteiger partial charge on any atom is -0.493 e. The molecule has 2 N–H and O–H groups in total. The lowest BCUT2D eigenvalue weighted by atomic mass is 9.85. The Bertz CT molecular complexity index is 1240. The van der Waals surface area contributed by atoms with Gasteiger partial charge in [0.25, 0.3) is 0 Å². The summed E-state index contributed by atoms with van der Waals surface area (Å²) in [6.07, 6.45) is 9.64. The van der Waals surface area contributed by atoms with Gasteiger partial charge in [-0.15, -0.1) is 0 Å². The number of allylic oxidation sites excluding steroid dienone is 4. The van der Waals surface area contributed by atoms with Gasteiger partial charge in [-0.05, 0) is 68.4 Å². The molecule has 1 amide bonds. The van der Waals surface area contributed by atoms with Crippen LogP contribution in [-0.4, -0.2) is 28.6 Å². The molecule has 1 aromatic carbocycles. The zero-order chi connectivity index (χ0) is 25.7. The van der Waals surface area contributed by atoms with Crippen molar-refractivity contribution in [1.82, 2.24) is 10.3 Å². The molecule has 1 saturated carbocycles. The standard InChI is InChI=1S/C29H31N3O4/c1-3-20(17-30)14-25(19(2)6-4-8-27(33)34)32-28(35)24-16-29(24)11-13-36-26-10-9-21(15-23(26)29)22-7-5-12-31-18-22/h3,5,7,9-10,12,14-15,18-19,24H,4,6,8,11,13,16H2,1-2H3,(H,32,35)(H,33,34)/b20-3+,25-14+/t19?,24-,29-/m0/s1. The number of hydrogen-bond acceptors (Lipinski definition) is 5. The normalized spacial score (nSPS) is 21.6. The quantitative estimate of drug-likeness (QED) is 0.375. The number of aliphatic carboxylic acids is 1. The second-order valence-electron chi connectivity index (χ2n) is 9.60. The number of carbonyl (C=O) groups excluding carboxylic acids is 1. The van der Waals surface area contributed by atoms with E-state index in [1.165, 1.54) is 0 Å². The average Bonchev–Trinajstić information content (AvgIpc) is 3.61. The number of benzene rings is 1. The maximum atomic E-state index is 13.5. The second-order valence-corrected chi connectivity index (χ2v) is 9.60. The summed E-state index contributed by atoms with van der Waals surface area (Å²) < 4.78 is 5.93. The van der Waals surface area contributed by atoms with Crippen LogP contribution in [0.3, 0.4) is 0 Å². The number of pyridine rings is 1. The molecule has 2 heterocycles. The third-order valence-corrected chi connectivity index (χ3v) is 7.29. The van der Waals surface area contributed by atoms with Crippen LogP contribution in [0.2, 0.25) is 0 Å². The zero-order valence-corrected chi connectivity index (χ0v) is 20.7. The third kappa shape index (κ3) is 5.33. The molecular formula is C29H31N3O4. The predicted molar refractivity (Wildman–Crippen MR) is 136 cm³/mol. The molecule has 2 aromatic rings. The zero-order valence-electron chi connectivity index (χ0n) is 20.7. The number of hydrogen-bond donors (Lipinski definition) is 2. The van der Waals surface area contributed by atoms with Gasteiger partial charge in [0.1, 0.15) is 5.75 Å². The summed E-state index contributed by atoms with van der Waals surface area (Å²) in [7, 11) is 0. The molecule has 3 atom stereocenters. The van der Waals surface area contributed by atoms with Gasteiger partial charge >= 0.3 is 5.97 Å². The van der Waals surface area contributed by atoms with E-state index in [0.29, 0.717) is 30.7 Å². The third-order valence-electron chi connectivity index (χ3n) is 7.29. The summed E-state index contributed by atoms with van der Waals surface area (Å²) >= 11 is 0. The number of ether oxygens (including phenoxy) is 1. The Morgan fingerprint density at radius 1 is 1.36 bits per heavy atom. The number of amides is 1. The van der Waals surface area contributed by atoms with Crippen molar-refractivity contribution >= 4 is 11.9 Å². The number of fused-ring (bicyclic) bond motifs is 2. The van der Waals surface area contributed by atoms with Crippen LogP contribution < -0.4 is 10.1 Å². The fourth-order valence-corrected chi connectivity index (χ4v) is 5.05. The molecule has 1 fully saturated rings. The van der Waals surface area contributed by atoms with Crippen molar-refractivity contribution in [2.45, 2.75) is 51.4 Å². The van der Waals surface area contributed by atoms with E-state index in [4.69, 9.17) is 9.84 Å². The number of rotatable bonds is 9. The first-order chi connectivity index (χ1) is 17.4. The number of carboxylic acid groups (broad SMARTS) is 1. The summed E-state index contributed by atoms with van der Waals surface area (Å²) in [5.41, 5.74) is 3.95. The monoisotopic (exact) mass is 485 g/mol. The van der Waals surface area contributed by atoms with Gasteiger partial charge in [-0.1, -0.05) is 25.1 Å². The van der Waals surface area contributed by atoms with Crippen LogP contribution in [0, 0.1) is 23.2 Å². The number of aromatic nitrogens is 1. The lowest BCUT2D eigenvalue weighted by Crippen LogP contribution is -2.32. The minimum atomic E-state index is -0.841. The molecule has 4 rings (SSSR count). The summed E-state index contributed by atoms with van der Waals surface area (Å²) in [5.74, 6) is -0.380. The van der Waals surface area contributed by atoms with Crippen LogP contribution in [0.1, 0.15) is 51.5 Å². The molecule has 1 spiro atoms. The van der Waals surface area contributed by atoms with Crippen LogP contribution in [0.15, 0.2) is 66.1 Å². The molecule has 1 aliphatic carbocycles. The van der Waals surface area contributed by atoms with Crippen LogP contribution in [0.5, 0.6) is 5.75 Å². The van der Waals surface area contributed by atoms with Crippen LogP contribution in [0.4, 0.5) is 0 Å². The molecule has 7 heteroatoms. The molecule has 0 saturated heterocycles. The molecule has 1 aromatic heterocycles. The minimum absolute atomic E-state index is 0.0700. The van der Waals surface area contributed by atoms with E-state index in [-0.39, 0.29) is 29.6 Å². The van der Waals surface area contributed by atoms with Crippen molar-refractivity contribution in [3.8, 4) is 22.9 Å². The van der Waals surface area contributed by atoms with E-state index in [0.717, 1.165) is 35.3 Å². The van der Waals surface area contributed by atoms with E-state index in [2.05, 4.69) is 22.4 Å². The van der Waals surface area contributed by atoms with E-state index in [1.807, 2.05) is 37.4 Å². The number of nitrogens with zero attached hydrogens (tertiary/aromatic N) is 2. The lowest BCUT2D eigenvalue weighted by Gasteiger charge is -2.28. The van der Waals surface area contributed by atoms with Crippen LogP contribution in [-0.2, 0) is 15.0 Å². The van der Waals surface area contributed by atoms with E-state index >= 15 is 0 Å². The highest BCUT2D eigenvalue weighted by Gasteiger charge is 2.61. The first-order valence-electron chi connectivity index (χ1n) is 12.4. The van der Waals surface area contributed by atoms with E-state index < -0.39 is 5.97 Å². The number of carboxylic acids is 1. The van der Waals surface area contributed by atoms with Gasteiger partial charge in [0.15, 0.2) is 0 Å². The maximum Gasteiger partial charge on any atom is 0.303 e. The Kier molecular flexibility index (Phi) is 7.54. The Morgan fingerprint density at radius 3 is 2.89 bits per heavy atom. The second kappa shape index (κ2) is 10.8. The average molecular weight is 486 g/mol. The van der Waals surface area contributed by atoms with E-state index in [1.54, 1.807) is 25.3 Å². The van der Waals surface area contributed by atoms with Crippen molar-refractivity contribution in [3.63, 3.8) is 0 Å². The Morgan fingerprint density at radius 2 is 2.19 bits per heavy atom. The Labute approximate surface area is 211 Å². The Hall–Kier alpha value is -3.92. The van der Waals surface area contributed by atoms with Gasteiger partial charge < -0.3 is 15.2 Å². The van der Waals surface area contributed by atoms with Crippen molar-refractivity contribution in [2.75, 3.05) is 6.61 Å². The fraction of sp³-hybridized carbons (Fsp3) is 0.379. The first-order valence-corrected chi connectivity index (χ1v) is 12.4. The highest BCUT2D eigenvalue weighted by molar-refractivity contribution is 5.86. The molecule has 1 aliphatic heterocycles. The highest BCUT2D eigenvalue weighted by Crippen LogP contribution is 2.61. The largest absolute Gasteiger partial charge is 0.493 e. The van der Waals surface area contributed by atoms with Gasteiger partial charge in [0.2, 0.25) is 5.91 Å². The molecular weight excluding hydrogens is 454 g/mol. The smallest absolute Gasteiger partial charge is 0.303 e. The van der Waals surface area contributed by atoms with Crippen molar-refractivity contribution in [1.29, 1.82) is 5.26 Å². The molecule has 2 aliphatic rings. The molecule has 0 radical (unpaired) electrons. The number of nitrogens with one attached hydrogen (secondary N) is 1. The fourth-order valence-electron chi connectivity index (χ4n) is 5.05. The van der Waals surface area contributed by atoms with Crippen molar-refractivity contribution in [2.24, 2.45) is 11.8 Å². The molecule has 36 heavy (non-hydrogen) atoms. The summed E-state index contributed by atoms with van der Waals surface area (Å²) in [6.45, 7) is 4.29. The van der Waals surface area contributed by atoms with Gasteiger partial charge in [-0.3, -0.25) is 14.6 Å². The predicted octanol–water partition coefficient (Wildman–Crippen LogP) is 5.15. The van der Waals surface area contributed by atoms with Gasteiger partial charge in [-0.25, -0.2) is 0 Å². The molecule has 0 bridgehead atoms. The molecule has 7 nitrogen and oxygen atoms in total. The van der Waals surface area contributed by atoms with Crippen LogP contribution in [0.25, 0.3) is 11.1 Å². The summed E-state index contributed by atoms with van der Waals surface area (Å²) in [5, 5.41) is 21.5. The maximum absolute atomic E-state index is 13.5. The van der Waals surface area contributed by atoms with Gasteiger partial charge in [0.05, 0.1) is 12.7 Å². The Balaban J connectivity index is 1.55. The number of carbonyl (C=O) groups is 2. The number of nitriles is 1. The van der Waals surface area contributed by atoms with E-state index in [9.17, 15) is 14.9 Å². The lowest BCUT2D eigenvalue weighted by molar-refractivity contribution is -0.137. The van der Waals surface area contributed by atoms with Gasteiger partial charge in [-0.2, -0.15) is 5.26 Å². The van der Waals surface area contributed by atoms with Crippen LogP contribution >= 0.6 is 0 Å². The highest BCUT2D eigenvalue weighted by atomic mass is 16.5. The summed E-state index contributed by atoms with van der Waals surface area (Å²) in [4.78, 5) is 28.7. The van der Waals surface area contributed by atoms with Crippen molar-refractivity contribution < 1.29 is 19.4 Å². The molecule has 186 valence electrons. The van der Waals surface area contributed by atoms with Gasteiger partial charge in [0, 0.05) is 52.5 Å². The van der Waals surface area contributed by atoms with Crippen molar-refractivity contribution in [3.05, 3.63) is 71.7 Å².